The van der Waals surface area contributed by atoms with Gasteiger partial charge in [0.15, 0.2) is 5.43 Å². The lowest BCUT2D eigenvalue weighted by Gasteiger charge is -2.06. The van der Waals surface area contributed by atoms with Gasteiger partial charge in [0.1, 0.15) is 5.58 Å². The third kappa shape index (κ3) is 1.68. The van der Waals surface area contributed by atoms with Crippen LogP contribution in [0.25, 0.3) is 11.0 Å². The molecule has 1 aromatic heterocycles. The molecule has 0 aliphatic carbocycles. The standard InChI is InChI=1S/C11H7F3O2/c1-6-5-16-9-4-7(11(12,13)14)2-3-8(9)10(6)15/h2-5H,1H3. The average Bonchev–Trinajstić information content (AvgIpc) is 2.22. The van der Waals surface area contributed by atoms with E-state index in [-0.39, 0.29) is 16.4 Å². The summed E-state index contributed by atoms with van der Waals surface area (Å²) in [5.41, 5.74) is -0.820. The fourth-order valence-electron chi connectivity index (χ4n) is 1.40. The van der Waals surface area contributed by atoms with Crippen molar-refractivity contribution < 1.29 is 17.6 Å². The number of rotatable bonds is 0. The number of halogens is 3. The van der Waals surface area contributed by atoms with Crippen molar-refractivity contribution in [2.75, 3.05) is 0 Å². The molecule has 2 aromatic rings. The Morgan fingerprint density at radius 3 is 2.56 bits per heavy atom. The zero-order valence-corrected chi connectivity index (χ0v) is 8.26. The van der Waals surface area contributed by atoms with Gasteiger partial charge in [0, 0.05) is 5.56 Å². The molecule has 2 rings (SSSR count). The van der Waals surface area contributed by atoms with Crippen molar-refractivity contribution in [3.8, 4) is 0 Å². The summed E-state index contributed by atoms with van der Waals surface area (Å²) in [4.78, 5) is 11.5. The van der Waals surface area contributed by atoms with Crippen molar-refractivity contribution >= 4 is 11.0 Å². The molecule has 1 aromatic carbocycles. The van der Waals surface area contributed by atoms with Crippen LogP contribution in [-0.4, -0.2) is 0 Å². The number of aryl methyl sites for hydroxylation is 1. The highest BCUT2D eigenvalue weighted by Crippen LogP contribution is 2.30. The number of fused-ring (bicyclic) bond motifs is 1. The summed E-state index contributed by atoms with van der Waals surface area (Å²) in [7, 11) is 0. The Morgan fingerprint density at radius 2 is 1.94 bits per heavy atom. The molecule has 0 N–H and O–H groups in total. The van der Waals surface area contributed by atoms with Crippen molar-refractivity contribution in [2.45, 2.75) is 13.1 Å². The van der Waals surface area contributed by atoms with E-state index in [1.54, 1.807) is 6.92 Å². The Kier molecular flexibility index (Phi) is 2.26. The molecule has 0 radical (unpaired) electrons. The van der Waals surface area contributed by atoms with E-state index in [1.165, 1.54) is 0 Å². The van der Waals surface area contributed by atoms with Crippen LogP contribution in [-0.2, 0) is 6.18 Å². The highest BCUT2D eigenvalue weighted by Gasteiger charge is 2.30. The average molecular weight is 228 g/mol. The lowest BCUT2D eigenvalue weighted by atomic mass is 10.1. The Hall–Kier alpha value is -1.78. The van der Waals surface area contributed by atoms with Crippen molar-refractivity contribution in [2.24, 2.45) is 0 Å². The molecule has 1 heterocycles. The molecule has 0 amide bonds. The van der Waals surface area contributed by atoms with E-state index in [1.807, 2.05) is 0 Å². The second-order valence-electron chi connectivity index (χ2n) is 3.46. The molecule has 0 aliphatic rings. The van der Waals surface area contributed by atoms with E-state index < -0.39 is 11.7 Å². The lowest BCUT2D eigenvalue weighted by Crippen LogP contribution is -2.08. The third-order valence-corrected chi connectivity index (χ3v) is 2.27. The Balaban J connectivity index is 2.75. The van der Waals surface area contributed by atoms with Crippen LogP contribution in [0.1, 0.15) is 11.1 Å². The molecule has 0 saturated heterocycles. The first-order valence-electron chi connectivity index (χ1n) is 4.49. The fraction of sp³-hybridized carbons (Fsp3) is 0.182. The molecular weight excluding hydrogens is 221 g/mol. The van der Waals surface area contributed by atoms with Gasteiger partial charge in [0.2, 0.25) is 0 Å². The van der Waals surface area contributed by atoms with E-state index in [2.05, 4.69) is 0 Å². The minimum absolute atomic E-state index is 0.0505. The highest BCUT2D eigenvalue weighted by atomic mass is 19.4. The summed E-state index contributed by atoms with van der Waals surface area (Å²) < 4.78 is 42.1. The van der Waals surface area contributed by atoms with Crippen LogP contribution in [0.2, 0.25) is 0 Å². The summed E-state index contributed by atoms with van der Waals surface area (Å²) in [6.07, 6.45) is -3.28. The van der Waals surface area contributed by atoms with Crippen LogP contribution >= 0.6 is 0 Å². The first kappa shape index (κ1) is 10.7. The fourth-order valence-corrected chi connectivity index (χ4v) is 1.40. The summed E-state index contributed by atoms with van der Waals surface area (Å²) in [6, 6.07) is 2.84. The normalized spacial score (nSPS) is 12.0. The summed E-state index contributed by atoms with van der Waals surface area (Å²) in [5.74, 6) is 0. The van der Waals surface area contributed by atoms with E-state index in [4.69, 9.17) is 4.42 Å². The Labute approximate surface area is 88.3 Å². The quantitative estimate of drug-likeness (QED) is 0.693. The van der Waals surface area contributed by atoms with Gasteiger partial charge in [-0.15, -0.1) is 0 Å². The second-order valence-corrected chi connectivity index (χ2v) is 3.46. The van der Waals surface area contributed by atoms with Gasteiger partial charge in [-0.3, -0.25) is 4.79 Å². The summed E-state index contributed by atoms with van der Waals surface area (Å²) in [5, 5.41) is 0.160. The van der Waals surface area contributed by atoms with E-state index >= 15 is 0 Å². The van der Waals surface area contributed by atoms with Crippen LogP contribution < -0.4 is 5.43 Å². The molecule has 84 valence electrons. The molecular formula is C11H7F3O2. The molecule has 0 atom stereocenters. The molecule has 0 spiro atoms. The molecule has 0 bridgehead atoms. The maximum atomic E-state index is 12.4. The van der Waals surface area contributed by atoms with Gasteiger partial charge in [-0.1, -0.05) is 0 Å². The maximum Gasteiger partial charge on any atom is 0.416 e. The first-order chi connectivity index (χ1) is 7.39. The second kappa shape index (κ2) is 3.37. The van der Waals surface area contributed by atoms with Gasteiger partial charge in [-0.05, 0) is 25.1 Å². The van der Waals surface area contributed by atoms with Crippen LogP contribution in [0.15, 0.2) is 33.7 Å². The number of alkyl halides is 3. The summed E-state index contributed by atoms with van der Waals surface area (Å²) in [6.45, 7) is 1.54. The minimum Gasteiger partial charge on any atom is -0.464 e. The third-order valence-electron chi connectivity index (χ3n) is 2.27. The molecule has 0 unspecified atom stereocenters. The number of benzene rings is 1. The largest absolute Gasteiger partial charge is 0.464 e. The van der Waals surface area contributed by atoms with E-state index in [0.717, 1.165) is 24.5 Å². The van der Waals surface area contributed by atoms with Gasteiger partial charge >= 0.3 is 6.18 Å². The minimum atomic E-state index is -4.43. The van der Waals surface area contributed by atoms with Crippen molar-refractivity contribution in [1.29, 1.82) is 0 Å². The Bertz CT molecular complexity index is 596. The van der Waals surface area contributed by atoms with Crippen molar-refractivity contribution in [3.05, 3.63) is 45.8 Å². The predicted molar refractivity (Wildman–Crippen MR) is 52.2 cm³/mol. The van der Waals surface area contributed by atoms with E-state index in [0.29, 0.717) is 5.56 Å². The highest BCUT2D eigenvalue weighted by molar-refractivity contribution is 5.77. The number of hydrogen-bond acceptors (Lipinski definition) is 2. The van der Waals surface area contributed by atoms with Gasteiger partial charge in [0.25, 0.3) is 0 Å². The zero-order chi connectivity index (χ0) is 11.9. The summed E-state index contributed by atoms with van der Waals surface area (Å²) >= 11 is 0. The molecule has 2 nitrogen and oxygen atoms in total. The maximum absolute atomic E-state index is 12.4. The van der Waals surface area contributed by atoms with Gasteiger partial charge in [-0.2, -0.15) is 13.2 Å². The zero-order valence-electron chi connectivity index (χ0n) is 8.26. The topological polar surface area (TPSA) is 30.2 Å². The molecule has 5 heteroatoms. The van der Waals surface area contributed by atoms with Crippen molar-refractivity contribution in [3.63, 3.8) is 0 Å². The predicted octanol–water partition coefficient (Wildman–Crippen LogP) is 3.12. The van der Waals surface area contributed by atoms with Gasteiger partial charge in [-0.25, -0.2) is 0 Å². The molecule has 0 aliphatic heterocycles. The molecule has 16 heavy (non-hydrogen) atoms. The lowest BCUT2D eigenvalue weighted by molar-refractivity contribution is -0.137. The van der Waals surface area contributed by atoms with Crippen LogP contribution in [0.4, 0.5) is 13.2 Å². The smallest absolute Gasteiger partial charge is 0.416 e. The Morgan fingerprint density at radius 1 is 1.25 bits per heavy atom. The van der Waals surface area contributed by atoms with Crippen LogP contribution in [0, 0.1) is 6.92 Å². The van der Waals surface area contributed by atoms with Gasteiger partial charge in [0.05, 0.1) is 17.2 Å². The van der Waals surface area contributed by atoms with E-state index in [9.17, 15) is 18.0 Å². The molecule has 0 fully saturated rings. The SMILES string of the molecule is Cc1coc2cc(C(F)(F)F)ccc2c1=O. The van der Waals surface area contributed by atoms with Crippen molar-refractivity contribution in [1.82, 2.24) is 0 Å². The van der Waals surface area contributed by atoms with Crippen LogP contribution in [0.5, 0.6) is 0 Å². The monoisotopic (exact) mass is 228 g/mol. The van der Waals surface area contributed by atoms with Crippen LogP contribution in [0.3, 0.4) is 0 Å². The first-order valence-corrected chi connectivity index (χ1v) is 4.49. The molecule has 0 saturated carbocycles. The van der Waals surface area contributed by atoms with Gasteiger partial charge < -0.3 is 4.42 Å². The number of hydrogen-bond donors (Lipinski definition) is 0.